The number of aromatic nitrogens is 2. The molecule has 1 unspecified atom stereocenters. The zero-order valence-corrected chi connectivity index (χ0v) is 23.0. The molecule has 1 atom stereocenters. The van der Waals surface area contributed by atoms with E-state index in [4.69, 9.17) is 4.11 Å². The van der Waals surface area contributed by atoms with Crippen LogP contribution in [0.4, 0.5) is 36.4 Å². The average Bonchev–Trinajstić information content (AvgIpc) is 3.27. The molecule has 42 heavy (non-hydrogen) atoms. The standard InChI is InChI=1S/C24H22F7N3O6S2/c1-13-4-6-14(7-5-13)42(37,38)34-12-19(15-8-9-22(40-3,11-18(15)34)24(29,30)31)41(35,36)33-17-10-16(25)20(23(26,27)28)32-21(17)39-2/h4-7,10,12,33H,8-9,11H2,1-3H3/i3D3. The fraction of sp³-hybridized carbons (Fsp3) is 0.375. The first kappa shape index (κ1) is 27.5. The van der Waals surface area contributed by atoms with Crippen LogP contribution in [0.5, 0.6) is 5.88 Å². The lowest BCUT2D eigenvalue weighted by molar-refractivity contribution is -0.273. The molecule has 1 aliphatic rings. The number of hydrogen-bond acceptors (Lipinski definition) is 7. The second kappa shape index (κ2) is 10.4. The van der Waals surface area contributed by atoms with Crippen LogP contribution in [0.2, 0.25) is 0 Å². The summed E-state index contributed by atoms with van der Waals surface area (Å²) in [6.45, 7) is 1.61. The van der Waals surface area contributed by atoms with Gasteiger partial charge in [-0.25, -0.2) is 30.2 Å². The third kappa shape index (κ3) is 5.42. The average molecular weight is 649 g/mol. The Kier molecular flexibility index (Phi) is 6.80. The van der Waals surface area contributed by atoms with Crippen molar-refractivity contribution in [2.75, 3.05) is 18.9 Å². The van der Waals surface area contributed by atoms with E-state index in [2.05, 4.69) is 14.5 Å². The number of nitrogens with one attached hydrogen (secondary N) is 1. The van der Waals surface area contributed by atoms with Gasteiger partial charge in [-0.1, -0.05) is 17.7 Å². The number of nitrogens with zero attached hydrogens (tertiary/aromatic N) is 2. The Morgan fingerprint density at radius 1 is 1.10 bits per heavy atom. The molecule has 3 aromatic rings. The molecular formula is C24H22F7N3O6S2. The molecular weight excluding hydrogens is 623 g/mol. The Labute approximate surface area is 239 Å². The quantitative estimate of drug-likeness (QED) is 0.365. The van der Waals surface area contributed by atoms with Crippen LogP contribution in [0.1, 0.15) is 33.0 Å². The minimum Gasteiger partial charge on any atom is -0.479 e. The van der Waals surface area contributed by atoms with Crippen molar-refractivity contribution in [3.05, 3.63) is 64.9 Å². The second-order valence-corrected chi connectivity index (χ2v) is 12.7. The lowest BCUT2D eigenvalue weighted by Crippen LogP contribution is -2.51. The van der Waals surface area contributed by atoms with Crippen molar-refractivity contribution in [2.45, 2.75) is 53.9 Å². The van der Waals surface area contributed by atoms with E-state index in [0.29, 0.717) is 11.8 Å². The monoisotopic (exact) mass is 648 g/mol. The lowest BCUT2D eigenvalue weighted by atomic mass is 9.83. The lowest BCUT2D eigenvalue weighted by Gasteiger charge is -2.38. The predicted octanol–water partition coefficient (Wildman–Crippen LogP) is 4.83. The molecule has 0 bridgehead atoms. The minimum atomic E-state index is -5.38. The molecule has 0 spiro atoms. The number of benzene rings is 1. The van der Waals surface area contributed by atoms with Crippen molar-refractivity contribution >= 4 is 25.7 Å². The van der Waals surface area contributed by atoms with Crippen LogP contribution in [0.3, 0.4) is 0 Å². The summed E-state index contributed by atoms with van der Waals surface area (Å²) in [5.74, 6) is -3.03. The molecule has 230 valence electrons. The Morgan fingerprint density at radius 2 is 1.74 bits per heavy atom. The number of ether oxygens (including phenoxy) is 2. The molecule has 1 aliphatic carbocycles. The zero-order valence-electron chi connectivity index (χ0n) is 24.4. The van der Waals surface area contributed by atoms with Gasteiger partial charge in [-0.2, -0.15) is 26.3 Å². The molecule has 0 saturated heterocycles. The van der Waals surface area contributed by atoms with Crippen LogP contribution in [-0.2, 0) is 43.8 Å². The molecule has 0 aliphatic heterocycles. The highest BCUT2D eigenvalue weighted by atomic mass is 32.2. The summed E-state index contributed by atoms with van der Waals surface area (Å²) in [7, 11) is -12.8. The van der Waals surface area contributed by atoms with Crippen molar-refractivity contribution in [3.8, 4) is 5.88 Å². The zero-order chi connectivity index (χ0) is 34.0. The highest BCUT2D eigenvalue weighted by Gasteiger charge is 2.58. The van der Waals surface area contributed by atoms with E-state index in [1.54, 1.807) is 11.6 Å². The van der Waals surface area contributed by atoms with Gasteiger partial charge < -0.3 is 9.47 Å². The number of halogens is 7. The van der Waals surface area contributed by atoms with Crippen LogP contribution in [-0.4, -0.2) is 51.7 Å². The first-order valence-corrected chi connectivity index (χ1v) is 14.5. The van der Waals surface area contributed by atoms with E-state index < -0.39 is 108 Å². The Bertz CT molecular complexity index is 1840. The molecule has 1 N–H and O–H groups in total. The summed E-state index contributed by atoms with van der Waals surface area (Å²) < 4.78 is 184. The SMILES string of the molecule is [2H]C([2H])([2H])OC1(C(F)(F)F)CCc2c(S(=O)(=O)Nc3cc(F)c(C(F)(F)F)nc3OC)cn(S(=O)(=O)c3ccc(C)cc3)c2C1. The third-order valence-electron chi connectivity index (χ3n) is 6.60. The number of sulfonamides is 1. The highest BCUT2D eigenvalue weighted by molar-refractivity contribution is 7.93. The molecule has 1 aromatic carbocycles. The number of pyridine rings is 1. The Morgan fingerprint density at radius 3 is 2.29 bits per heavy atom. The number of aryl methyl sites for hydroxylation is 1. The summed E-state index contributed by atoms with van der Waals surface area (Å²) >= 11 is 0. The van der Waals surface area contributed by atoms with E-state index in [0.717, 1.165) is 19.2 Å². The summed E-state index contributed by atoms with van der Waals surface area (Å²) in [5.41, 5.74) is -7.13. The number of anilines is 1. The molecule has 9 nitrogen and oxygen atoms in total. The summed E-state index contributed by atoms with van der Waals surface area (Å²) in [6.07, 6.45) is -13.7. The number of hydrogen-bond donors (Lipinski definition) is 1. The molecule has 0 radical (unpaired) electrons. The number of methoxy groups -OCH3 is 2. The fourth-order valence-corrected chi connectivity index (χ4v) is 7.25. The second-order valence-electron chi connectivity index (χ2n) is 9.28. The van der Waals surface area contributed by atoms with Crippen molar-refractivity contribution < 1.29 is 61.2 Å². The van der Waals surface area contributed by atoms with E-state index in [9.17, 15) is 47.6 Å². The maximum atomic E-state index is 14.4. The number of alkyl halides is 6. The smallest absolute Gasteiger partial charge is 0.436 e. The van der Waals surface area contributed by atoms with Gasteiger partial charge >= 0.3 is 12.4 Å². The molecule has 4 rings (SSSR count). The predicted molar refractivity (Wildman–Crippen MR) is 133 cm³/mol. The third-order valence-corrected chi connectivity index (χ3v) is 9.74. The number of rotatable bonds is 7. The van der Waals surface area contributed by atoms with Gasteiger partial charge in [0.15, 0.2) is 17.1 Å². The normalized spacial score (nSPS) is 19.4. The summed E-state index contributed by atoms with van der Waals surface area (Å²) in [4.78, 5) is 1.54. The van der Waals surface area contributed by atoms with Gasteiger partial charge in [0.05, 0.1) is 16.1 Å². The van der Waals surface area contributed by atoms with Crippen LogP contribution >= 0.6 is 0 Å². The van der Waals surface area contributed by atoms with E-state index in [-0.39, 0.29) is 10.0 Å². The minimum absolute atomic E-state index is 0.109. The maximum absolute atomic E-state index is 14.4. The van der Waals surface area contributed by atoms with E-state index in [1.165, 1.54) is 12.1 Å². The fourth-order valence-electron chi connectivity index (χ4n) is 4.43. The highest BCUT2D eigenvalue weighted by Crippen LogP contribution is 2.46. The molecule has 0 fully saturated rings. The largest absolute Gasteiger partial charge is 0.479 e. The topological polar surface area (TPSA) is 117 Å². The summed E-state index contributed by atoms with van der Waals surface area (Å²) in [5, 5.41) is 0. The van der Waals surface area contributed by atoms with Crippen LogP contribution in [0.15, 0.2) is 46.3 Å². The maximum Gasteiger partial charge on any atom is 0.436 e. The molecule has 2 aromatic heterocycles. The van der Waals surface area contributed by atoms with Gasteiger partial charge in [-0.05, 0) is 37.5 Å². The van der Waals surface area contributed by atoms with Gasteiger partial charge in [0, 0.05) is 31.4 Å². The van der Waals surface area contributed by atoms with Gasteiger partial charge in [0.2, 0.25) is 5.88 Å². The van der Waals surface area contributed by atoms with Gasteiger partial charge in [-0.15, -0.1) is 0 Å². The first-order chi connectivity index (χ1) is 20.4. The Hall–Kier alpha value is -3.38. The van der Waals surface area contributed by atoms with Crippen molar-refractivity contribution in [1.82, 2.24) is 8.96 Å². The molecule has 0 amide bonds. The van der Waals surface area contributed by atoms with Gasteiger partial charge in [0.1, 0.15) is 10.6 Å². The van der Waals surface area contributed by atoms with Gasteiger partial charge in [-0.3, -0.25) is 4.72 Å². The van der Waals surface area contributed by atoms with Crippen LogP contribution in [0.25, 0.3) is 0 Å². The Balaban J connectivity index is 1.94. The number of fused-ring (bicyclic) bond motifs is 1. The van der Waals surface area contributed by atoms with E-state index >= 15 is 0 Å². The summed E-state index contributed by atoms with van der Waals surface area (Å²) in [6, 6.07) is 5.03. The van der Waals surface area contributed by atoms with Crippen LogP contribution < -0.4 is 9.46 Å². The molecule has 0 saturated carbocycles. The van der Waals surface area contributed by atoms with Gasteiger partial charge in [0.25, 0.3) is 20.0 Å². The van der Waals surface area contributed by atoms with Crippen molar-refractivity contribution in [1.29, 1.82) is 0 Å². The van der Waals surface area contributed by atoms with Crippen molar-refractivity contribution in [2.24, 2.45) is 0 Å². The van der Waals surface area contributed by atoms with Crippen molar-refractivity contribution in [3.63, 3.8) is 0 Å². The van der Waals surface area contributed by atoms with Crippen LogP contribution in [0, 0.1) is 12.7 Å². The van der Waals surface area contributed by atoms with E-state index in [1.807, 2.05) is 0 Å². The first-order valence-electron chi connectivity index (χ1n) is 13.1. The molecule has 18 heteroatoms. The molecule has 2 heterocycles.